The van der Waals surface area contributed by atoms with Gasteiger partial charge < -0.3 is 0 Å². The van der Waals surface area contributed by atoms with E-state index < -0.39 is 11.6 Å². The van der Waals surface area contributed by atoms with Crippen LogP contribution in [0.15, 0.2) is 53.5 Å². The number of rotatable bonds is 2. The van der Waals surface area contributed by atoms with Crippen LogP contribution in [0.25, 0.3) is 0 Å². The predicted octanol–water partition coefficient (Wildman–Crippen LogP) is 3.72. The van der Waals surface area contributed by atoms with Crippen molar-refractivity contribution in [1.82, 2.24) is 0 Å². The van der Waals surface area contributed by atoms with E-state index in [2.05, 4.69) is 4.99 Å². The first-order valence-electron chi connectivity index (χ1n) is 4.79. The van der Waals surface area contributed by atoms with Crippen LogP contribution in [0.4, 0.5) is 14.5 Å². The van der Waals surface area contributed by atoms with Gasteiger partial charge in [-0.05, 0) is 17.7 Å². The lowest BCUT2D eigenvalue weighted by molar-refractivity contribution is 0.584. The summed E-state index contributed by atoms with van der Waals surface area (Å²) in [6, 6.07) is 12.5. The Labute approximate surface area is 92.1 Å². The molecule has 0 aliphatic rings. The fourth-order valence-electron chi connectivity index (χ4n) is 1.30. The van der Waals surface area contributed by atoms with Crippen molar-refractivity contribution in [3.8, 4) is 0 Å². The summed E-state index contributed by atoms with van der Waals surface area (Å²) in [6.45, 7) is 0. The van der Waals surface area contributed by atoms with E-state index in [4.69, 9.17) is 0 Å². The van der Waals surface area contributed by atoms with Crippen LogP contribution in [0.3, 0.4) is 0 Å². The Bertz CT molecular complexity index is 486. The third kappa shape index (κ3) is 2.73. The Morgan fingerprint density at radius 3 is 2.12 bits per heavy atom. The van der Waals surface area contributed by atoms with Crippen LogP contribution in [0.2, 0.25) is 0 Å². The summed E-state index contributed by atoms with van der Waals surface area (Å²) in [6.07, 6.45) is 1.56. The molecule has 0 aromatic heterocycles. The number of nitrogens with zero attached hydrogens (tertiary/aromatic N) is 1. The minimum Gasteiger partial charge on any atom is -0.256 e. The largest absolute Gasteiger partial charge is 0.256 e. The van der Waals surface area contributed by atoms with Crippen LogP contribution in [0.1, 0.15) is 5.56 Å². The van der Waals surface area contributed by atoms with E-state index in [9.17, 15) is 8.78 Å². The minimum absolute atomic E-state index is 0.265. The van der Waals surface area contributed by atoms with Crippen LogP contribution >= 0.6 is 0 Å². The molecule has 0 aliphatic heterocycles. The van der Waals surface area contributed by atoms with E-state index in [0.717, 1.165) is 11.6 Å². The fourth-order valence-corrected chi connectivity index (χ4v) is 1.30. The zero-order valence-corrected chi connectivity index (χ0v) is 8.40. The second-order valence-corrected chi connectivity index (χ2v) is 3.30. The Balaban J connectivity index is 2.24. The van der Waals surface area contributed by atoms with E-state index in [0.29, 0.717) is 0 Å². The second kappa shape index (κ2) is 4.66. The van der Waals surface area contributed by atoms with Gasteiger partial charge in [0, 0.05) is 12.3 Å². The molecule has 16 heavy (non-hydrogen) atoms. The number of halogens is 2. The maximum absolute atomic E-state index is 12.8. The van der Waals surface area contributed by atoms with E-state index in [1.54, 1.807) is 6.21 Å². The summed E-state index contributed by atoms with van der Waals surface area (Å²) in [5.74, 6) is -1.25. The molecule has 2 aromatic carbocycles. The highest BCUT2D eigenvalue weighted by Crippen LogP contribution is 2.15. The van der Waals surface area contributed by atoms with Gasteiger partial charge in [0.2, 0.25) is 0 Å². The molecule has 0 aliphatic carbocycles. The molecule has 80 valence electrons. The van der Waals surface area contributed by atoms with Crippen molar-refractivity contribution < 1.29 is 8.78 Å². The molecular weight excluding hydrogens is 208 g/mol. The normalized spacial score (nSPS) is 10.9. The van der Waals surface area contributed by atoms with E-state index in [1.165, 1.54) is 12.1 Å². The summed E-state index contributed by atoms with van der Waals surface area (Å²) in [5, 5.41) is 0. The van der Waals surface area contributed by atoms with Gasteiger partial charge in [0.1, 0.15) is 11.6 Å². The molecule has 0 saturated carbocycles. The third-order valence-electron chi connectivity index (χ3n) is 2.01. The summed E-state index contributed by atoms with van der Waals surface area (Å²) >= 11 is 0. The Morgan fingerprint density at radius 1 is 0.875 bits per heavy atom. The zero-order valence-electron chi connectivity index (χ0n) is 8.40. The average Bonchev–Trinajstić information content (AvgIpc) is 2.27. The second-order valence-electron chi connectivity index (χ2n) is 3.30. The molecule has 0 atom stereocenters. The van der Waals surface area contributed by atoms with Gasteiger partial charge in [-0.3, -0.25) is 4.99 Å². The first-order chi connectivity index (χ1) is 7.74. The van der Waals surface area contributed by atoms with Crippen molar-refractivity contribution in [3.63, 3.8) is 0 Å². The molecule has 0 radical (unpaired) electrons. The fraction of sp³-hybridized carbons (Fsp3) is 0. The van der Waals surface area contributed by atoms with Crippen molar-refractivity contribution >= 4 is 11.9 Å². The number of aliphatic imine (C=N–C) groups is 1. The first-order valence-corrected chi connectivity index (χ1v) is 4.79. The number of benzene rings is 2. The topological polar surface area (TPSA) is 12.4 Å². The predicted molar refractivity (Wildman–Crippen MR) is 60.1 cm³/mol. The van der Waals surface area contributed by atoms with Crippen molar-refractivity contribution in [2.75, 3.05) is 0 Å². The molecule has 1 nitrogen and oxygen atoms in total. The molecule has 0 unspecified atom stereocenters. The highest BCUT2D eigenvalue weighted by atomic mass is 19.1. The van der Waals surface area contributed by atoms with E-state index >= 15 is 0 Å². The van der Waals surface area contributed by atoms with Crippen LogP contribution in [-0.2, 0) is 0 Å². The monoisotopic (exact) mass is 217 g/mol. The lowest BCUT2D eigenvalue weighted by atomic mass is 10.2. The Kier molecular flexibility index (Phi) is 3.05. The first kappa shape index (κ1) is 10.5. The highest BCUT2D eigenvalue weighted by molar-refractivity contribution is 5.81. The summed E-state index contributed by atoms with van der Waals surface area (Å²) < 4.78 is 25.7. The van der Waals surface area contributed by atoms with Crippen molar-refractivity contribution in [3.05, 3.63) is 65.7 Å². The van der Waals surface area contributed by atoms with E-state index in [1.807, 2.05) is 30.3 Å². The van der Waals surface area contributed by atoms with Gasteiger partial charge >= 0.3 is 0 Å². The molecule has 3 heteroatoms. The van der Waals surface area contributed by atoms with Crippen LogP contribution < -0.4 is 0 Å². The molecule has 0 saturated heterocycles. The molecule has 2 aromatic rings. The van der Waals surface area contributed by atoms with Crippen LogP contribution in [-0.4, -0.2) is 6.21 Å². The smallest absolute Gasteiger partial charge is 0.128 e. The van der Waals surface area contributed by atoms with Crippen molar-refractivity contribution in [1.29, 1.82) is 0 Å². The Hall–Kier alpha value is -2.03. The van der Waals surface area contributed by atoms with Gasteiger partial charge in [-0.1, -0.05) is 30.3 Å². The minimum atomic E-state index is -0.625. The molecule has 0 N–H and O–H groups in total. The van der Waals surface area contributed by atoms with E-state index in [-0.39, 0.29) is 5.69 Å². The molecule has 0 amide bonds. The zero-order chi connectivity index (χ0) is 11.4. The summed E-state index contributed by atoms with van der Waals surface area (Å²) in [7, 11) is 0. The third-order valence-corrected chi connectivity index (χ3v) is 2.01. The SMILES string of the molecule is Fc1cc(F)cc(/N=C/c2ccccc2)c1. The van der Waals surface area contributed by atoms with Crippen molar-refractivity contribution in [2.45, 2.75) is 0 Å². The molecule has 0 spiro atoms. The molecule has 0 heterocycles. The van der Waals surface area contributed by atoms with Gasteiger partial charge in [-0.2, -0.15) is 0 Å². The van der Waals surface area contributed by atoms with Gasteiger partial charge in [0.15, 0.2) is 0 Å². The number of hydrogen-bond acceptors (Lipinski definition) is 1. The van der Waals surface area contributed by atoms with Gasteiger partial charge in [-0.25, -0.2) is 8.78 Å². The molecule has 0 fully saturated rings. The Morgan fingerprint density at radius 2 is 1.50 bits per heavy atom. The number of hydrogen-bond donors (Lipinski definition) is 0. The van der Waals surface area contributed by atoms with Crippen LogP contribution in [0, 0.1) is 11.6 Å². The maximum atomic E-state index is 12.8. The lowest BCUT2D eigenvalue weighted by Gasteiger charge is -1.95. The maximum Gasteiger partial charge on any atom is 0.128 e. The van der Waals surface area contributed by atoms with Crippen molar-refractivity contribution in [2.24, 2.45) is 4.99 Å². The standard InChI is InChI=1S/C13H9F2N/c14-11-6-12(15)8-13(7-11)16-9-10-4-2-1-3-5-10/h1-9H/b16-9+. The van der Waals surface area contributed by atoms with Gasteiger partial charge in [-0.15, -0.1) is 0 Å². The average molecular weight is 217 g/mol. The van der Waals surface area contributed by atoms with Gasteiger partial charge in [0.05, 0.1) is 5.69 Å². The summed E-state index contributed by atoms with van der Waals surface area (Å²) in [4.78, 5) is 3.99. The molecular formula is C13H9F2N. The quantitative estimate of drug-likeness (QED) is 0.680. The highest BCUT2D eigenvalue weighted by Gasteiger charge is 1.97. The van der Waals surface area contributed by atoms with Gasteiger partial charge in [0.25, 0.3) is 0 Å². The summed E-state index contributed by atoms with van der Waals surface area (Å²) in [5.41, 5.74) is 1.15. The lowest BCUT2D eigenvalue weighted by Crippen LogP contribution is -1.81. The molecule has 0 bridgehead atoms. The molecule has 2 rings (SSSR count). The van der Waals surface area contributed by atoms with Crippen LogP contribution in [0.5, 0.6) is 0 Å².